The predicted octanol–water partition coefficient (Wildman–Crippen LogP) is 3.55. The lowest BCUT2D eigenvalue weighted by Gasteiger charge is -2.29. The van der Waals surface area contributed by atoms with Gasteiger partial charge in [0.15, 0.2) is 0 Å². The van der Waals surface area contributed by atoms with Crippen molar-refractivity contribution >= 4 is 5.69 Å². The van der Waals surface area contributed by atoms with Crippen LogP contribution in [0.25, 0.3) is 0 Å². The summed E-state index contributed by atoms with van der Waals surface area (Å²) >= 11 is 0. The lowest BCUT2D eigenvalue weighted by atomic mass is 9.87. The van der Waals surface area contributed by atoms with Crippen LogP contribution in [0.4, 0.5) is 5.69 Å². The molecule has 84 valence electrons. The predicted molar refractivity (Wildman–Crippen MR) is 66.2 cm³/mol. The van der Waals surface area contributed by atoms with Crippen LogP contribution in [-0.2, 0) is 0 Å². The molecule has 0 aliphatic heterocycles. The van der Waals surface area contributed by atoms with Crippen LogP contribution in [0.1, 0.15) is 38.7 Å². The van der Waals surface area contributed by atoms with Gasteiger partial charge in [0.05, 0.1) is 11.3 Å². The Morgan fingerprint density at radius 2 is 2.12 bits per heavy atom. The lowest BCUT2D eigenvalue weighted by molar-refractivity contribution is 0.350. The number of anilines is 1. The van der Waals surface area contributed by atoms with Crippen LogP contribution in [0.5, 0.6) is 0 Å². The molecule has 0 amide bonds. The van der Waals surface area contributed by atoms with E-state index in [9.17, 15) is 0 Å². The van der Waals surface area contributed by atoms with Gasteiger partial charge in [0, 0.05) is 6.04 Å². The third kappa shape index (κ3) is 2.04. The molecule has 0 bridgehead atoms. The van der Waals surface area contributed by atoms with Gasteiger partial charge in [-0.25, -0.2) is 0 Å². The van der Waals surface area contributed by atoms with Gasteiger partial charge in [-0.3, -0.25) is 0 Å². The molecule has 1 aliphatic rings. The van der Waals surface area contributed by atoms with Gasteiger partial charge in [-0.1, -0.05) is 32.4 Å². The molecule has 2 heteroatoms. The Labute approximate surface area is 97.3 Å². The summed E-state index contributed by atoms with van der Waals surface area (Å²) in [7, 11) is 0. The minimum Gasteiger partial charge on any atom is -0.381 e. The first-order valence-electron chi connectivity index (χ1n) is 5.89. The lowest BCUT2D eigenvalue weighted by Crippen LogP contribution is -2.31. The number of hydrogen-bond acceptors (Lipinski definition) is 2. The Balaban J connectivity index is 2.18. The standard InChI is InChI=1S/C14H18N2/c1-14(2)9-5-8-13(14)16-12-7-4-3-6-11(12)10-15/h3-4,6-7,13,16H,5,8-9H2,1-2H3. The molecule has 0 aromatic heterocycles. The first-order chi connectivity index (χ1) is 7.63. The quantitative estimate of drug-likeness (QED) is 0.817. The SMILES string of the molecule is CC1(C)CCCC1Nc1ccccc1C#N. The van der Waals surface area contributed by atoms with Crippen molar-refractivity contribution in [3.63, 3.8) is 0 Å². The van der Waals surface area contributed by atoms with Crippen LogP contribution < -0.4 is 5.32 Å². The van der Waals surface area contributed by atoms with Crippen LogP contribution in [0.2, 0.25) is 0 Å². The van der Waals surface area contributed by atoms with Gasteiger partial charge in [0.1, 0.15) is 6.07 Å². The second kappa shape index (κ2) is 4.17. The molecule has 0 spiro atoms. The van der Waals surface area contributed by atoms with Crippen molar-refractivity contribution in [3.8, 4) is 6.07 Å². The van der Waals surface area contributed by atoms with E-state index in [0.717, 1.165) is 11.3 Å². The highest BCUT2D eigenvalue weighted by molar-refractivity contribution is 5.57. The molecule has 16 heavy (non-hydrogen) atoms. The first-order valence-corrected chi connectivity index (χ1v) is 5.89. The maximum Gasteiger partial charge on any atom is 0.101 e. The molecule has 1 aliphatic carbocycles. The van der Waals surface area contributed by atoms with E-state index in [0.29, 0.717) is 11.5 Å². The molecule has 1 aromatic rings. The molecule has 0 radical (unpaired) electrons. The molecular formula is C14H18N2. The minimum absolute atomic E-state index is 0.336. The van der Waals surface area contributed by atoms with E-state index in [1.807, 2.05) is 24.3 Å². The fraction of sp³-hybridized carbons (Fsp3) is 0.500. The van der Waals surface area contributed by atoms with Crippen molar-refractivity contribution in [2.45, 2.75) is 39.2 Å². The number of rotatable bonds is 2. The molecule has 1 atom stereocenters. The molecule has 1 fully saturated rings. The fourth-order valence-corrected chi connectivity index (χ4v) is 2.49. The zero-order valence-corrected chi connectivity index (χ0v) is 9.96. The first kappa shape index (κ1) is 11.0. The highest BCUT2D eigenvalue weighted by Crippen LogP contribution is 2.39. The van der Waals surface area contributed by atoms with E-state index in [1.54, 1.807) is 0 Å². The van der Waals surface area contributed by atoms with Crippen LogP contribution in [0.15, 0.2) is 24.3 Å². The maximum atomic E-state index is 9.03. The van der Waals surface area contributed by atoms with Gasteiger partial charge < -0.3 is 5.32 Å². The number of nitrogens with zero attached hydrogens (tertiary/aromatic N) is 1. The van der Waals surface area contributed by atoms with Gasteiger partial charge >= 0.3 is 0 Å². The summed E-state index contributed by atoms with van der Waals surface area (Å²) in [5.74, 6) is 0. The summed E-state index contributed by atoms with van der Waals surface area (Å²) in [6.45, 7) is 4.60. The second-order valence-corrected chi connectivity index (χ2v) is 5.24. The summed E-state index contributed by atoms with van der Waals surface area (Å²) in [5.41, 5.74) is 2.05. The number of benzene rings is 1. The largest absolute Gasteiger partial charge is 0.381 e. The molecule has 1 aromatic carbocycles. The Morgan fingerprint density at radius 1 is 1.38 bits per heavy atom. The van der Waals surface area contributed by atoms with Crippen LogP contribution in [0, 0.1) is 16.7 Å². The van der Waals surface area contributed by atoms with E-state index < -0.39 is 0 Å². The number of hydrogen-bond donors (Lipinski definition) is 1. The molecule has 1 unspecified atom stereocenters. The van der Waals surface area contributed by atoms with E-state index >= 15 is 0 Å². The van der Waals surface area contributed by atoms with Gasteiger partial charge in [-0.2, -0.15) is 5.26 Å². The zero-order chi connectivity index (χ0) is 11.6. The molecule has 1 N–H and O–H groups in total. The van der Waals surface area contributed by atoms with Gasteiger partial charge in [0.25, 0.3) is 0 Å². The van der Waals surface area contributed by atoms with Gasteiger partial charge in [-0.15, -0.1) is 0 Å². The third-order valence-corrected chi connectivity index (χ3v) is 3.63. The van der Waals surface area contributed by atoms with Crippen molar-refractivity contribution in [1.82, 2.24) is 0 Å². The van der Waals surface area contributed by atoms with Gasteiger partial charge in [-0.05, 0) is 30.4 Å². The summed E-state index contributed by atoms with van der Waals surface area (Å²) in [6, 6.07) is 10.5. The Morgan fingerprint density at radius 3 is 2.75 bits per heavy atom. The highest BCUT2D eigenvalue weighted by Gasteiger charge is 2.34. The zero-order valence-electron chi connectivity index (χ0n) is 9.96. The summed E-state index contributed by atoms with van der Waals surface area (Å²) in [4.78, 5) is 0. The van der Waals surface area contributed by atoms with Crippen molar-refractivity contribution in [3.05, 3.63) is 29.8 Å². The van der Waals surface area contributed by atoms with Crippen molar-refractivity contribution in [2.24, 2.45) is 5.41 Å². The van der Waals surface area contributed by atoms with Crippen LogP contribution >= 0.6 is 0 Å². The number of nitrogens with one attached hydrogen (secondary N) is 1. The normalized spacial score (nSPS) is 22.7. The third-order valence-electron chi connectivity index (χ3n) is 3.63. The van der Waals surface area contributed by atoms with Crippen molar-refractivity contribution < 1.29 is 0 Å². The Bertz CT molecular complexity index is 415. The average molecular weight is 214 g/mol. The Kier molecular flexibility index (Phi) is 2.87. The van der Waals surface area contributed by atoms with Crippen molar-refractivity contribution in [2.75, 3.05) is 5.32 Å². The summed E-state index contributed by atoms with van der Waals surface area (Å²) in [5, 5.41) is 12.6. The molecular weight excluding hydrogens is 196 g/mol. The average Bonchev–Trinajstić information content (AvgIpc) is 2.59. The fourth-order valence-electron chi connectivity index (χ4n) is 2.49. The molecule has 1 saturated carbocycles. The smallest absolute Gasteiger partial charge is 0.101 e. The second-order valence-electron chi connectivity index (χ2n) is 5.24. The highest BCUT2D eigenvalue weighted by atomic mass is 14.9. The minimum atomic E-state index is 0.336. The number of para-hydroxylation sites is 1. The van der Waals surface area contributed by atoms with E-state index in [2.05, 4.69) is 25.2 Å². The monoisotopic (exact) mass is 214 g/mol. The summed E-state index contributed by atoms with van der Waals surface area (Å²) in [6.07, 6.45) is 3.74. The van der Waals surface area contributed by atoms with E-state index in [1.165, 1.54) is 19.3 Å². The molecule has 0 saturated heterocycles. The van der Waals surface area contributed by atoms with Gasteiger partial charge in [0.2, 0.25) is 0 Å². The topological polar surface area (TPSA) is 35.8 Å². The summed E-state index contributed by atoms with van der Waals surface area (Å²) < 4.78 is 0. The van der Waals surface area contributed by atoms with E-state index in [-0.39, 0.29) is 0 Å². The van der Waals surface area contributed by atoms with E-state index in [4.69, 9.17) is 5.26 Å². The van der Waals surface area contributed by atoms with Crippen molar-refractivity contribution in [1.29, 1.82) is 5.26 Å². The molecule has 2 rings (SSSR count). The maximum absolute atomic E-state index is 9.03. The van der Waals surface area contributed by atoms with Crippen LogP contribution in [-0.4, -0.2) is 6.04 Å². The van der Waals surface area contributed by atoms with Crippen LogP contribution in [0.3, 0.4) is 0 Å². The molecule has 0 heterocycles. The number of nitriles is 1. The molecule has 2 nitrogen and oxygen atoms in total. The Hall–Kier alpha value is -1.49.